The van der Waals surface area contributed by atoms with Crippen molar-refractivity contribution < 1.29 is 9.22 Å². The number of hydrogen-bond acceptors (Lipinski definition) is 4. The fourth-order valence-electron chi connectivity index (χ4n) is 3.18. The van der Waals surface area contributed by atoms with Gasteiger partial charge in [-0.2, -0.15) is 0 Å². The Bertz CT molecular complexity index is 527. The minimum absolute atomic E-state index is 0.0855. The van der Waals surface area contributed by atoms with E-state index < -0.39 is 8.32 Å². The number of thiocarbonyl (C=S) groups is 1. The molecule has 0 aromatic carbocycles. The standard InChI is InChI=1S/C19H32BrNO2S2Si/c1-6-26(7-2,8-3)23-16(11-9-10-12-20)13-18(22)21-17(15(4)5)14-25-19(21)24/h9-12,15-17H,6-8,13-14H2,1-5H3/b11-9+,12-10+/t16-,17+/m0/s1. The maximum atomic E-state index is 13.1. The van der Waals surface area contributed by atoms with Crippen LogP contribution in [0.4, 0.5) is 0 Å². The van der Waals surface area contributed by atoms with Crippen molar-refractivity contribution in [1.82, 2.24) is 4.90 Å². The van der Waals surface area contributed by atoms with Gasteiger partial charge in [0.1, 0.15) is 4.32 Å². The quantitative estimate of drug-likeness (QED) is 0.215. The predicted molar refractivity (Wildman–Crippen MR) is 124 cm³/mol. The third-order valence-electron chi connectivity index (χ3n) is 5.16. The van der Waals surface area contributed by atoms with Crippen molar-refractivity contribution in [2.75, 3.05) is 5.75 Å². The molecule has 0 unspecified atom stereocenters. The Morgan fingerprint density at radius 1 is 1.35 bits per heavy atom. The summed E-state index contributed by atoms with van der Waals surface area (Å²) in [5.41, 5.74) is 0. The van der Waals surface area contributed by atoms with Gasteiger partial charge in [-0.15, -0.1) is 0 Å². The monoisotopic (exact) mass is 477 g/mol. The van der Waals surface area contributed by atoms with Gasteiger partial charge in [0.05, 0.1) is 12.5 Å². The molecule has 1 heterocycles. The molecule has 0 saturated carbocycles. The van der Waals surface area contributed by atoms with Crippen LogP contribution >= 0.6 is 39.9 Å². The minimum atomic E-state index is -1.80. The van der Waals surface area contributed by atoms with Crippen LogP contribution < -0.4 is 0 Å². The predicted octanol–water partition coefficient (Wildman–Crippen LogP) is 6.12. The minimum Gasteiger partial charge on any atom is -0.410 e. The van der Waals surface area contributed by atoms with Crippen molar-refractivity contribution in [2.24, 2.45) is 5.92 Å². The van der Waals surface area contributed by atoms with Crippen molar-refractivity contribution in [3.63, 3.8) is 0 Å². The normalized spacial score (nSPS) is 20.0. The molecule has 1 aliphatic heterocycles. The van der Waals surface area contributed by atoms with E-state index in [4.69, 9.17) is 16.6 Å². The van der Waals surface area contributed by atoms with Crippen molar-refractivity contribution in [3.8, 4) is 0 Å². The number of carbonyl (C=O) groups is 1. The lowest BCUT2D eigenvalue weighted by Gasteiger charge is -2.33. The lowest BCUT2D eigenvalue weighted by Crippen LogP contribution is -2.45. The molecule has 148 valence electrons. The second kappa shape index (κ2) is 11.8. The zero-order chi connectivity index (χ0) is 19.7. The highest BCUT2D eigenvalue weighted by molar-refractivity contribution is 9.11. The summed E-state index contributed by atoms with van der Waals surface area (Å²) >= 11 is 10.3. The zero-order valence-corrected chi connectivity index (χ0v) is 20.8. The highest BCUT2D eigenvalue weighted by atomic mass is 79.9. The Labute approximate surface area is 178 Å². The molecule has 0 spiro atoms. The van der Waals surface area contributed by atoms with Gasteiger partial charge < -0.3 is 4.43 Å². The van der Waals surface area contributed by atoms with Crippen molar-refractivity contribution in [1.29, 1.82) is 0 Å². The highest BCUT2D eigenvalue weighted by Crippen LogP contribution is 2.31. The van der Waals surface area contributed by atoms with E-state index in [1.165, 1.54) is 0 Å². The second-order valence-corrected chi connectivity index (χ2v) is 13.9. The third kappa shape index (κ3) is 6.58. The molecular formula is C19H32BrNO2S2Si. The average molecular weight is 479 g/mol. The Morgan fingerprint density at radius 2 is 1.96 bits per heavy atom. The number of hydrogen-bond donors (Lipinski definition) is 0. The molecule has 3 nitrogen and oxygen atoms in total. The molecule has 1 aliphatic rings. The topological polar surface area (TPSA) is 29.5 Å². The van der Waals surface area contributed by atoms with Crippen LogP contribution in [-0.4, -0.2) is 41.3 Å². The van der Waals surface area contributed by atoms with Crippen LogP contribution in [0.15, 0.2) is 23.2 Å². The van der Waals surface area contributed by atoms with E-state index in [2.05, 4.69) is 50.5 Å². The number of nitrogens with zero attached hydrogens (tertiary/aromatic N) is 1. The van der Waals surface area contributed by atoms with Crippen LogP contribution in [0.3, 0.4) is 0 Å². The molecule has 0 radical (unpaired) electrons. The van der Waals surface area contributed by atoms with Crippen molar-refractivity contribution >= 4 is 58.5 Å². The molecule has 0 aliphatic carbocycles. The first-order chi connectivity index (χ1) is 12.3. The molecular weight excluding hydrogens is 446 g/mol. The van der Waals surface area contributed by atoms with Crippen molar-refractivity contribution in [3.05, 3.63) is 23.2 Å². The first-order valence-corrected chi connectivity index (χ1v) is 14.3. The van der Waals surface area contributed by atoms with Crippen LogP contribution in [0.1, 0.15) is 41.0 Å². The van der Waals surface area contributed by atoms with Crippen LogP contribution in [0.5, 0.6) is 0 Å². The molecule has 26 heavy (non-hydrogen) atoms. The Morgan fingerprint density at radius 3 is 2.46 bits per heavy atom. The van der Waals surface area contributed by atoms with Gasteiger partial charge in [0.2, 0.25) is 5.91 Å². The molecule has 0 aromatic heterocycles. The summed E-state index contributed by atoms with van der Waals surface area (Å²) in [4.78, 5) is 16.7. The van der Waals surface area contributed by atoms with E-state index in [0.717, 1.165) is 23.9 Å². The van der Waals surface area contributed by atoms with Gasteiger partial charge in [0.25, 0.3) is 0 Å². The molecule has 1 fully saturated rings. The van der Waals surface area contributed by atoms with E-state index in [-0.39, 0.29) is 18.1 Å². The number of thioether (sulfide) groups is 1. The Kier molecular flexibility index (Phi) is 10.9. The van der Waals surface area contributed by atoms with Crippen LogP contribution in [0.2, 0.25) is 18.1 Å². The summed E-state index contributed by atoms with van der Waals surface area (Å²) in [6.07, 6.45) is 6.02. The lowest BCUT2D eigenvalue weighted by atomic mass is 10.0. The first-order valence-electron chi connectivity index (χ1n) is 9.44. The van der Waals surface area contributed by atoms with Crippen LogP contribution in [0.25, 0.3) is 0 Å². The first kappa shape index (κ1) is 24.1. The highest BCUT2D eigenvalue weighted by Gasteiger charge is 2.38. The number of halogens is 1. The molecule has 7 heteroatoms. The fraction of sp³-hybridized carbons (Fsp3) is 0.684. The number of carbonyl (C=O) groups excluding carboxylic acids is 1. The van der Waals surface area contributed by atoms with Crippen LogP contribution in [-0.2, 0) is 9.22 Å². The van der Waals surface area contributed by atoms with E-state index in [9.17, 15) is 4.79 Å². The Hall–Kier alpha value is 0.0469. The summed E-state index contributed by atoms with van der Waals surface area (Å²) < 4.78 is 7.31. The molecule has 0 aromatic rings. The van der Waals surface area contributed by atoms with E-state index in [1.54, 1.807) is 16.7 Å². The van der Waals surface area contributed by atoms with Gasteiger partial charge in [-0.25, -0.2) is 0 Å². The molecule has 0 bridgehead atoms. The van der Waals surface area contributed by atoms with E-state index >= 15 is 0 Å². The summed E-state index contributed by atoms with van der Waals surface area (Å²) in [6.45, 7) is 10.9. The number of amides is 1. The van der Waals surface area contributed by atoms with E-state index in [0.29, 0.717) is 16.7 Å². The molecule has 1 amide bonds. The average Bonchev–Trinajstić information content (AvgIpc) is 3.01. The second-order valence-electron chi connectivity index (χ2n) is 6.96. The van der Waals surface area contributed by atoms with Gasteiger partial charge in [0.15, 0.2) is 8.32 Å². The maximum Gasteiger partial charge on any atom is 0.231 e. The summed E-state index contributed by atoms with van der Waals surface area (Å²) in [7, 11) is -1.80. The van der Waals surface area contributed by atoms with Gasteiger partial charge in [-0.3, -0.25) is 9.69 Å². The summed E-state index contributed by atoms with van der Waals surface area (Å²) in [6, 6.07) is 3.40. The third-order valence-corrected chi connectivity index (χ3v) is 11.6. The molecule has 2 atom stereocenters. The zero-order valence-electron chi connectivity index (χ0n) is 16.5. The number of rotatable bonds is 10. The summed E-state index contributed by atoms with van der Waals surface area (Å²) in [5.74, 6) is 1.38. The van der Waals surface area contributed by atoms with Crippen LogP contribution in [0, 0.1) is 5.92 Å². The smallest absolute Gasteiger partial charge is 0.231 e. The lowest BCUT2D eigenvalue weighted by molar-refractivity contribution is -0.130. The molecule has 1 saturated heterocycles. The maximum absolute atomic E-state index is 13.1. The van der Waals surface area contributed by atoms with Gasteiger partial charge >= 0.3 is 0 Å². The van der Waals surface area contributed by atoms with E-state index in [1.807, 2.05) is 23.1 Å². The molecule has 0 N–H and O–H groups in total. The van der Waals surface area contributed by atoms with Gasteiger partial charge in [-0.1, -0.05) is 92.8 Å². The van der Waals surface area contributed by atoms with Gasteiger partial charge in [-0.05, 0) is 29.0 Å². The summed E-state index contributed by atoms with van der Waals surface area (Å²) in [5, 5.41) is 0. The van der Waals surface area contributed by atoms with Crippen molar-refractivity contribution in [2.45, 2.75) is 71.3 Å². The largest absolute Gasteiger partial charge is 0.410 e. The van der Waals surface area contributed by atoms with Gasteiger partial charge in [0, 0.05) is 11.8 Å². The fourth-order valence-corrected chi connectivity index (χ4v) is 7.83. The SMILES string of the molecule is CC[Si](CC)(CC)O[C@@H](/C=C/C=C/Br)CC(=O)N1C(=S)SC[C@@H]1C(C)C. The molecule has 1 rings (SSSR count). The Balaban J connectivity index is 2.97. The number of allylic oxidation sites excluding steroid dienone is 2.